The van der Waals surface area contributed by atoms with Crippen LogP contribution >= 0.6 is 11.6 Å². The number of rotatable bonds is 6. The molecule has 1 atom stereocenters. The van der Waals surface area contributed by atoms with E-state index < -0.39 is 56.5 Å². The molecule has 0 radical (unpaired) electrons. The molecule has 3 aromatic heterocycles. The fraction of sp³-hybridized carbons (Fsp3) is 0.200. The van der Waals surface area contributed by atoms with Gasteiger partial charge in [0.1, 0.15) is 4.90 Å². The summed E-state index contributed by atoms with van der Waals surface area (Å²) in [5.74, 6) is -1.98. The van der Waals surface area contributed by atoms with Crippen molar-refractivity contribution in [2.24, 2.45) is 0 Å². The maximum Gasteiger partial charge on any atom is 0.388 e. The van der Waals surface area contributed by atoms with Crippen LogP contribution in [0.25, 0.3) is 22.3 Å². The molecule has 5 rings (SSSR count). The molecule has 0 aliphatic carbocycles. The third kappa shape index (κ3) is 5.59. The van der Waals surface area contributed by atoms with Gasteiger partial charge in [-0.3, -0.25) is 9.78 Å². The molecule has 202 valence electrons. The number of amides is 1. The number of ether oxygens (including phenoxy) is 2. The Labute approximate surface area is 230 Å². The summed E-state index contributed by atoms with van der Waals surface area (Å²) in [7, 11) is -5.18. The number of carbonyl (C=O) groups is 1. The summed E-state index contributed by atoms with van der Waals surface area (Å²) in [4.78, 5) is 24.7. The Morgan fingerprint density at radius 3 is 2.79 bits per heavy atom. The number of alkyl halides is 3. The summed E-state index contributed by atoms with van der Waals surface area (Å²) >= 11 is 6.09. The molecule has 39 heavy (non-hydrogen) atoms. The number of benzene rings is 1. The number of hydrogen-bond acceptors (Lipinski definition) is 8. The van der Waals surface area contributed by atoms with Crippen molar-refractivity contribution in [3.8, 4) is 23.0 Å². The molecule has 1 aliphatic rings. The predicted molar refractivity (Wildman–Crippen MR) is 134 cm³/mol. The smallest absolute Gasteiger partial charge is 0.388 e. The van der Waals surface area contributed by atoms with Crippen LogP contribution < -0.4 is 14.8 Å². The van der Waals surface area contributed by atoms with E-state index in [1.54, 1.807) is 24.3 Å². The highest BCUT2D eigenvalue weighted by molar-refractivity contribution is 7.92. The summed E-state index contributed by atoms with van der Waals surface area (Å²) in [6.07, 6.45) is -2.13. The Morgan fingerprint density at radius 1 is 1.21 bits per heavy atom. The number of carbonyl (C=O) groups excluding carboxylic acids is 1. The van der Waals surface area contributed by atoms with E-state index in [9.17, 15) is 26.4 Å². The van der Waals surface area contributed by atoms with Gasteiger partial charge < -0.3 is 14.8 Å². The Bertz CT molecular complexity index is 1870. The quantitative estimate of drug-likeness (QED) is 0.346. The Hall–Kier alpha value is -3.97. The van der Waals surface area contributed by atoms with Crippen molar-refractivity contribution in [3.63, 3.8) is 0 Å². The van der Waals surface area contributed by atoms with E-state index in [1.807, 2.05) is 0 Å². The highest BCUT2D eigenvalue weighted by Gasteiger charge is 2.35. The lowest BCUT2D eigenvalue weighted by atomic mass is 10.1. The molecule has 0 fully saturated rings. The molecule has 0 spiro atoms. The molecule has 1 aromatic carbocycles. The second-order valence-corrected chi connectivity index (χ2v) is 10.3. The molecule has 1 aliphatic heterocycles. The first-order chi connectivity index (χ1) is 20.1. The van der Waals surface area contributed by atoms with Crippen molar-refractivity contribution < 1.29 is 41.3 Å². The van der Waals surface area contributed by atoms with Gasteiger partial charge >= 0.3 is 6.61 Å². The summed E-state index contributed by atoms with van der Waals surface area (Å²) in [5, 5.41) is 2.56. The third-order valence-corrected chi connectivity index (χ3v) is 7.29. The van der Waals surface area contributed by atoms with Gasteiger partial charge in [0, 0.05) is 32.3 Å². The van der Waals surface area contributed by atoms with Gasteiger partial charge in [0.2, 0.25) is 21.2 Å². The third-order valence-electron chi connectivity index (χ3n) is 5.43. The van der Waals surface area contributed by atoms with Crippen molar-refractivity contribution in [1.29, 1.82) is 0 Å². The van der Waals surface area contributed by atoms with Crippen molar-refractivity contribution in [2.75, 3.05) is 6.56 Å². The van der Waals surface area contributed by atoms with Crippen LogP contribution in [0.15, 0.2) is 59.6 Å². The van der Waals surface area contributed by atoms with E-state index in [1.165, 1.54) is 18.3 Å². The zero-order chi connectivity index (χ0) is 31.3. The van der Waals surface area contributed by atoms with Gasteiger partial charge in [0.25, 0.3) is 5.91 Å². The van der Waals surface area contributed by atoms with Crippen LogP contribution in [0, 0.1) is 0 Å². The van der Waals surface area contributed by atoms with Crippen LogP contribution in [0.3, 0.4) is 0 Å². The van der Waals surface area contributed by atoms with E-state index in [0.29, 0.717) is 22.3 Å². The zero-order valence-corrected chi connectivity index (χ0v) is 20.9. The van der Waals surface area contributed by atoms with Crippen molar-refractivity contribution in [3.05, 3.63) is 71.0 Å². The summed E-state index contributed by atoms with van der Waals surface area (Å²) in [6.45, 7) is -6.65. The average molecular weight is 583 g/mol. The first kappa shape index (κ1) is 21.9. The molecule has 1 amide bonds. The normalized spacial score (nSPS) is 20.4. The fourth-order valence-corrected chi connectivity index (χ4v) is 5.05. The van der Waals surface area contributed by atoms with Gasteiger partial charge in [0.05, 0.1) is 43.5 Å². The van der Waals surface area contributed by atoms with Gasteiger partial charge in [-0.25, -0.2) is 22.8 Å². The van der Waals surface area contributed by atoms with Gasteiger partial charge in [-0.1, -0.05) is 17.7 Å². The lowest BCUT2D eigenvalue weighted by molar-refractivity contribution is -0.0527. The SMILES string of the molecule is [2H]C1([2H])Oc2c(Cl)cc(C(=O)NCc3cc4nc(-c5cccc(OC(F)F)n5)ccc4cn3)cc2S(=O)(=O)[C@@H](F)C1([2H])[2H]. The van der Waals surface area contributed by atoms with Crippen LogP contribution in [0.2, 0.25) is 5.02 Å². The molecule has 0 saturated heterocycles. The highest BCUT2D eigenvalue weighted by atomic mass is 35.5. The number of hydrogen-bond donors (Lipinski definition) is 1. The first-order valence-corrected chi connectivity index (χ1v) is 12.9. The number of halogens is 4. The van der Waals surface area contributed by atoms with Crippen LogP contribution in [-0.2, 0) is 16.4 Å². The Kier molecular flexibility index (Phi) is 5.99. The molecule has 0 bridgehead atoms. The minimum absolute atomic E-state index is 0.189. The van der Waals surface area contributed by atoms with Gasteiger partial charge in [0.15, 0.2) is 5.75 Å². The van der Waals surface area contributed by atoms with E-state index >= 15 is 0 Å². The number of nitrogens with zero attached hydrogens (tertiary/aromatic N) is 3. The number of pyridine rings is 3. The monoisotopic (exact) mass is 582 g/mol. The summed E-state index contributed by atoms with van der Waals surface area (Å²) in [5.41, 5.74) is -2.37. The van der Waals surface area contributed by atoms with E-state index in [2.05, 4.69) is 25.0 Å². The molecule has 0 unspecified atom stereocenters. The average Bonchev–Trinajstić information content (AvgIpc) is 2.98. The molecule has 0 saturated carbocycles. The molecular formula is C25H18ClF3N4O5S. The largest absolute Gasteiger partial charge is 0.490 e. The van der Waals surface area contributed by atoms with E-state index in [-0.39, 0.29) is 23.7 Å². The Balaban J connectivity index is 1.39. The number of sulfone groups is 1. The maximum atomic E-state index is 14.9. The van der Waals surface area contributed by atoms with Gasteiger partial charge in [-0.2, -0.15) is 8.78 Å². The fourth-order valence-electron chi connectivity index (χ4n) is 3.61. The van der Waals surface area contributed by atoms with E-state index in [0.717, 1.165) is 12.1 Å². The van der Waals surface area contributed by atoms with Gasteiger partial charge in [-0.05, 0) is 36.4 Å². The molecular weight excluding hydrogens is 561 g/mol. The summed E-state index contributed by atoms with van der Waals surface area (Å²) < 4.78 is 106. The maximum absolute atomic E-state index is 14.9. The molecule has 14 heteroatoms. The lowest BCUT2D eigenvalue weighted by Gasteiger charge is -2.12. The standard InChI is InChI=1S/C25H18ClF3N4O5S/c26-16-8-14(9-20-23(16)37-7-6-21(27)39(20,35)36)24(34)31-12-15-10-19-13(11-30-15)4-5-18(32-19)17-2-1-3-22(33-17)38-25(28)29/h1-5,8-11,21,25H,6-7,12H2,(H,31,34)/t21-/m1/s1/i6D2,7D2. The summed E-state index contributed by atoms with van der Waals surface area (Å²) in [6, 6.07) is 10.8. The second kappa shape index (κ2) is 10.7. The van der Waals surface area contributed by atoms with Crippen LogP contribution in [-0.4, -0.2) is 48.0 Å². The van der Waals surface area contributed by atoms with Crippen LogP contribution in [0.1, 0.15) is 27.9 Å². The van der Waals surface area contributed by atoms with Gasteiger partial charge in [-0.15, -0.1) is 0 Å². The molecule has 9 nitrogen and oxygen atoms in total. The minimum Gasteiger partial charge on any atom is -0.490 e. The number of aromatic nitrogens is 3. The molecule has 4 aromatic rings. The van der Waals surface area contributed by atoms with Crippen molar-refractivity contribution >= 4 is 38.2 Å². The van der Waals surface area contributed by atoms with Crippen LogP contribution in [0.5, 0.6) is 11.6 Å². The lowest BCUT2D eigenvalue weighted by Crippen LogP contribution is -2.24. The predicted octanol–water partition coefficient (Wildman–Crippen LogP) is 4.73. The minimum atomic E-state index is -5.18. The zero-order valence-electron chi connectivity index (χ0n) is 23.4. The molecule has 4 heterocycles. The first-order valence-electron chi connectivity index (χ1n) is 13.0. The van der Waals surface area contributed by atoms with Crippen LogP contribution in [0.4, 0.5) is 13.2 Å². The second-order valence-electron chi connectivity index (χ2n) is 7.98. The van der Waals surface area contributed by atoms with Crippen molar-refractivity contribution in [2.45, 2.75) is 29.9 Å². The topological polar surface area (TPSA) is 120 Å². The van der Waals surface area contributed by atoms with Crippen molar-refractivity contribution in [1.82, 2.24) is 20.3 Å². The number of nitrogens with one attached hydrogen (secondary N) is 1. The number of fused-ring (bicyclic) bond motifs is 2. The Morgan fingerprint density at radius 2 is 2.00 bits per heavy atom. The highest BCUT2D eigenvalue weighted by Crippen LogP contribution is 2.38. The molecule has 1 N–H and O–H groups in total. The van der Waals surface area contributed by atoms with E-state index in [4.69, 9.17) is 21.8 Å².